The van der Waals surface area contributed by atoms with Crippen LogP contribution >= 0.6 is 23.2 Å². The van der Waals surface area contributed by atoms with E-state index in [1.165, 1.54) is 0 Å². The molecular formula is C22H21Cl2NO2. The Balaban J connectivity index is 1.57. The Hall–Kier alpha value is -2.36. The van der Waals surface area contributed by atoms with E-state index in [4.69, 9.17) is 32.7 Å². The molecule has 0 spiro atoms. The van der Waals surface area contributed by atoms with Crippen LogP contribution in [0.2, 0.25) is 10.0 Å². The van der Waals surface area contributed by atoms with E-state index in [0.29, 0.717) is 28.9 Å². The molecule has 5 heteroatoms. The molecule has 27 heavy (non-hydrogen) atoms. The van der Waals surface area contributed by atoms with E-state index < -0.39 is 0 Å². The third-order valence-corrected chi connectivity index (χ3v) is 4.46. The maximum atomic E-state index is 6.17. The molecule has 1 unspecified atom stereocenters. The smallest absolute Gasteiger partial charge is 0.142 e. The van der Waals surface area contributed by atoms with Crippen LogP contribution < -0.4 is 14.8 Å². The van der Waals surface area contributed by atoms with Crippen LogP contribution in [-0.4, -0.2) is 12.6 Å². The number of ether oxygens (including phenoxy) is 2. The lowest BCUT2D eigenvalue weighted by Gasteiger charge is -2.18. The molecule has 1 N–H and O–H groups in total. The quantitative estimate of drug-likeness (QED) is 0.470. The number of anilines is 1. The Kier molecular flexibility index (Phi) is 6.86. The van der Waals surface area contributed by atoms with Gasteiger partial charge in [-0.25, -0.2) is 0 Å². The summed E-state index contributed by atoms with van der Waals surface area (Å²) in [6, 6.07) is 23.2. The molecule has 0 aliphatic heterocycles. The van der Waals surface area contributed by atoms with Gasteiger partial charge in [0.05, 0.1) is 17.3 Å². The minimum absolute atomic E-state index is 0.0918. The first-order valence-corrected chi connectivity index (χ1v) is 9.49. The van der Waals surface area contributed by atoms with Gasteiger partial charge < -0.3 is 14.8 Å². The van der Waals surface area contributed by atoms with E-state index in [1.807, 2.05) is 61.5 Å². The molecule has 3 aromatic carbocycles. The van der Waals surface area contributed by atoms with Gasteiger partial charge in [0.15, 0.2) is 0 Å². The minimum atomic E-state index is -0.0918. The van der Waals surface area contributed by atoms with E-state index in [2.05, 4.69) is 5.32 Å². The molecule has 0 aliphatic carbocycles. The van der Waals surface area contributed by atoms with Crippen molar-refractivity contribution in [2.75, 3.05) is 11.9 Å². The van der Waals surface area contributed by atoms with Crippen molar-refractivity contribution < 1.29 is 9.47 Å². The molecule has 0 heterocycles. The predicted octanol–water partition coefficient (Wildman–Crippen LogP) is 6.45. The van der Waals surface area contributed by atoms with Crippen LogP contribution in [0.1, 0.15) is 12.5 Å². The van der Waals surface area contributed by atoms with Crippen molar-refractivity contribution >= 4 is 28.9 Å². The fourth-order valence-corrected chi connectivity index (χ4v) is 3.01. The zero-order valence-electron chi connectivity index (χ0n) is 15.0. The average molecular weight is 402 g/mol. The predicted molar refractivity (Wildman–Crippen MR) is 112 cm³/mol. The Morgan fingerprint density at radius 2 is 1.63 bits per heavy atom. The van der Waals surface area contributed by atoms with Gasteiger partial charge >= 0.3 is 0 Å². The van der Waals surface area contributed by atoms with Gasteiger partial charge in [-0.05, 0) is 42.8 Å². The molecule has 0 radical (unpaired) electrons. The molecule has 3 rings (SSSR count). The monoisotopic (exact) mass is 401 g/mol. The largest absolute Gasteiger partial charge is 0.487 e. The standard InChI is InChI=1S/C22H21Cl2NO2/c1-16(27-21-12-11-18(23)13-19(21)24)14-25-20-9-5-6-10-22(20)26-15-17-7-3-2-4-8-17/h2-13,16,25H,14-15H2,1H3. The van der Waals surface area contributed by atoms with E-state index in [0.717, 1.165) is 17.0 Å². The highest BCUT2D eigenvalue weighted by Gasteiger charge is 2.10. The molecule has 0 saturated heterocycles. The third-order valence-electron chi connectivity index (χ3n) is 3.93. The van der Waals surface area contributed by atoms with Crippen molar-refractivity contribution in [1.82, 2.24) is 0 Å². The summed E-state index contributed by atoms with van der Waals surface area (Å²) in [5.74, 6) is 1.42. The van der Waals surface area contributed by atoms with E-state index >= 15 is 0 Å². The van der Waals surface area contributed by atoms with Crippen molar-refractivity contribution in [2.24, 2.45) is 0 Å². The lowest BCUT2D eigenvalue weighted by Crippen LogP contribution is -2.23. The lowest BCUT2D eigenvalue weighted by atomic mass is 10.2. The van der Waals surface area contributed by atoms with Crippen LogP contribution in [0.15, 0.2) is 72.8 Å². The number of hydrogen-bond acceptors (Lipinski definition) is 3. The fourth-order valence-electron chi connectivity index (χ4n) is 2.56. The molecule has 0 amide bonds. The summed E-state index contributed by atoms with van der Waals surface area (Å²) in [6.07, 6.45) is -0.0918. The minimum Gasteiger partial charge on any atom is -0.487 e. The number of rotatable bonds is 8. The van der Waals surface area contributed by atoms with Gasteiger partial charge in [-0.3, -0.25) is 0 Å². The van der Waals surface area contributed by atoms with Gasteiger partial charge in [0.2, 0.25) is 0 Å². The average Bonchev–Trinajstić information content (AvgIpc) is 2.68. The van der Waals surface area contributed by atoms with Crippen molar-refractivity contribution in [3.05, 3.63) is 88.4 Å². The van der Waals surface area contributed by atoms with Gasteiger partial charge in [-0.2, -0.15) is 0 Å². The van der Waals surface area contributed by atoms with Gasteiger partial charge in [0, 0.05) is 5.02 Å². The summed E-state index contributed by atoms with van der Waals surface area (Å²) in [7, 11) is 0. The van der Waals surface area contributed by atoms with Gasteiger partial charge in [0.25, 0.3) is 0 Å². The second-order valence-electron chi connectivity index (χ2n) is 6.15. The zero-order chi connectivity index (χ0) is 19.1. The highest BCUT2D eigenvalue weighted by molar-refractivity contribution is 6.35. The van der Waals surface area contributed by atoms with Crippen molar-refractivity contribution in [2.45, 2.75) is 19.6 Å². The summed E-state index contributed by atoms with van der Waals surface area (Å²) in [5.41, 5.74) is 2.05. The summed E-state index contributed by atoms with van der Waals surface area (Å²) in [6.45, 7) is 3.10. The normalized spacial score (nSPS) is 11.7. The van der Waals surface area contributed by atoms with Crippen LogP contribution in [0, 0.1) is 0 Å². The van der Waals surface area contributed by atoms with Crippen molar-refractivity contribution in [3.63, 3.8) is 0 Å². The zero-order valence-corrected chi connectivity index (χ0v) is 16.5. The molecule has 3 nitrogen and oxygen atoms in total. The molecule has 0 aliphatic rings. The molecule has 0 saturated carbocycles. The molecule has 0 fully saturated rings. The summed E-state index contributed by atoms with van der Waals surface area (Å²) < 4.78 is 11.9. The van der Waals surface area contributed by atoms with Crippen molar-refractivity contribution in [3.8, 4) is 11.5 Å². The summed E-state index contributed by atoms with van der Waals surface area (Å²) in [4.78, 5) is 0. The van der Waals surface area contributed by atoms with Crippen LogP contribution in [0.5, 0.6) is 11.5 Å². The van der Waals surface area contributed by atoms with E-state index in [1.54, 1.807) is 18.2 Å². The van der Waals surface area contributed by atoms with Gasteiger partial charge in [-0.1, -0.05) is 65.7 Å². The number of para-hydroxylation sites is 2. The number of halogens is 2. The Labute approximate surface area is 169 Å². The molecule has 3 aromatic rings. The van der Waals surface area contributed by atoms with Crippen LogP contribution in [-0.2, 0) is 6.61 Å². The first-order chi connectivity index (χ1) is 13.1. The topological polar surface area (TPSA) is 30.5 Å². The van der Waals surface area contributed by atoms with E-state index in [9.17, 15) is 0 Å². The lowest BCUT2D eigenvalue weighted by molar-refractivity contribution is 0.234. The third kappa shape index (κ3) is 5.81. The first-order valence-electron chi connectivity index (χ1n) is 8.73. The van der Waals surface area contributed by atoms with Gasteiger partial charge in [0.1, 0.15) is 24.2 Å². The molecular weight excluding hydrogens is 381 g/mol. The number of hydrogen-bond donors (Lipinski definition) is 1. The fraction of sp³-hybridized carbons (Fsp3) is 0.182. The maximum absolute atomic E-state index is 6.17. The Morgan fingerprint density at radius 3 is 2.41 bits per heavy atom. The summed E-state index contributed by atoms with van der Waals surface area (Å²) >= 11 is 12.1. The molecule has 1 atom stereocenters. The Bertz CT molecular complexity index is 871. The first kappa shape index (κ1) is 19.4. The van der Waals surface area contributed by atoms with Crippen LogP contribution in [0.4, 0.5) is 5.69 Å². The van der Waals surface area contributed by atoms with E-state index in [-0.39, 0.29) is 6.10 Å². The highest BCUT2D eigenvalue weighted by atomic mass is 35.5. The second-order valence-corrected chi connectivity index (χ2v) is 7.00. The van der Waals surface area contributed by atoms with Crippen LogP contribution in [0.3, 0.4) is 0 Å². The Morgan fingerprint density at radius 1 is 0.889 bits per heavy atom. The molecule has 0 bridgehead atoms. The number of nitrogens with one attached hydrogen (secondary N) is 1. The second kappa shape index (κ2) is 9.54. The highest BCUT2D eigenvalue weighted by Crippen LogP contribution is 2.29. The van der Waals surface area contributed by atoms with Gasteiger partial charge in [-0.15, -0.1) is 0 Å². The number of benzene rings is 3. The van der Waals surface area contributed by atoms with Crippen LogP contribution in [0.25, 0.3) is 0 Å². The molecule has 0 aromatic heterocycles. The SMILES string of the molecule is CC(CNc1ccccc1OCc1ccccc1)Oc1ccc(Cl)cc1Cl. The molecule has 140 valence electrons. The summed E-state index contributed by atoms with van der Waals surface area (Å²) in [5, 5.41) is 4.47. The maximum Gasteiger partial charge on any atom is 0.142 e. The van der Waals surface area contributed by atoms with Crippen molar-refractivity contribution in [1.29, 1.82) is 0 Å².